The van der Waals surface area contributed by atoms with Gasteiger partial charge in [0.15, 0.2) is 0 Å². The van der Waals surface area contributed by atoms with E-state index in [1.807, 2.05) is 13.8 Å². The summed E-state index contributed by atoms with van der Waals surface area (Å²) in [6.07, 6.45) is -0.0948. The van der Waals surface area contributed by atoms with Gasteiger partial charge in [-0.3, -0.25) is 9.59 Å². The van der Waals surface area contributed by atoms with E-state index >= 15 is 0 Å². The predicted octanol–water partition coefficient (Wildman–Crippen LogP) is 3.67. The summed E-state index contributed by atoms with van der Waals surface area (Å²) in [6, 6.07) is 4.36. The first-order valence-corrected chi connectivity index (χ1v) is 7.84. The molecule has 0 saturated carbocycles. The molecular formula is C16H18FNO3S. The number of hydrogen-bond donors (Lipinski definition) is 1. The van der Waals surface area contributed by atoms with Crippen molar-refractivity contribution in [2.24, 2.45) is 0 Å². The molecule has 118 valence electrons. The molecule has 1 aromatic heterocycles. The molecule has 1 aromatic carbocycles. The Balaban J connectivity index is 2.38. The van der Waals surface area contributed by atoms with Gasteiger partial charge in [0.25, 0.3) is 5.91 Å². The fourth-order valence-electron chi connectivity index (χ4n) is 2.34. The van der Waals surface area contributed by atoms with Crippen LogP contribution in [0.3, 0.4) is 0 Å². The van der Waals surface area contributed by atoms with Crippen LogP contribution in [0, 0.1) is 12.7 Å². The standard InChI is InChI=1S/C16H18FNO3S/c1-9(2)18(7-6-14(19)20)16(21)15-10(3)12-8-11(17)4-5-13(12)22-15/h4-5,8-9H,6-7H2,1-3H3,(H,19,20). The van der Waals surface area contributed by atoms with Crippen molar-refractivity contribution >= 4 is 33.3 Å². The molecule has 2 aromatic rings. The van der Waals surface area contributed by atoms with Gasteiger partial charge in [0.1, 0.15) is 5.82 Å². The van der Waals surface area contributed by atoms with Crippen molar-refractivity contribution in [3.8, 4) is 0 Å². The molecular weight excluding hydrogens is 305 g/mol. The zero-order valence-electron chi connectivity index (χ0n) is 12.7. The van der Waals surface area contributed by atoms with E-state index in [4.69, 9.17) is 5.11 Å². The summed E-state index contributed by atoms with van der Waals surface area (Å²) in [5.41, 5.74) is 0.741. The van der Waals surface area contributed by atoms with E-state index in [1.54, 1.807) is 17.9 Å². The summed E-state index contributed by atoms with van der Waals surface area (Å²) >= 11 is 1.32. The van der Waals surface area contributed by atoms with Gasteiger partial charge in [-0.25, -0.2) is 4.39 Å². The second-order valence-corrected chi connectivity index (χ2v) is 6.48. The summed E-state index contributed by atoms with van der Waals surface area (Å²) < 4.78 is 14.2. The lowest BCUT2D eigenvalue weighted by molar-refractivity contribution is -0.137. The average molecular weight is 323 g/mol. The summed E-state index contributed by atoms with van der Waals surface area (Å²) in [6.45, 7) is 5.65. The highest BCUT2D eigenvalue weighted by molar-refractivity contribution is 7.21. The number of amides is 1. The van der Waals surface area contributed by atoms with E-state index < -0.39 is 5.97 Å². The first-order valence-electron chi connectivity index (χ1n) is 7.02. The highest BCUT2D eigenvalue weighted by Crippen LogP contribution is 2.32. The molecule has 1 N–H and O–H groups in total. The van der Waals surface area contributed by atoms with Gasteiger partial charge in [-0.05, 0) is 49.9 Å². The van der Waals surface area contributed by atoms with E-state index in [9.17, 15) is 14.0 Å². The average Bonchev–Trinajstić information content (AvgIpc) is 2.75. The third kappa shape index (κ3) is 3.27. The van der Waals surface area contributed by atoms with Gasteiger partial charge in [0.05, 0.1) is 11.3 Å². The second-order valence-electron chi connectivity index (χ2n) is 5.43. The maximum Gasteiger partial charge on any atom is 0.305 e. The summed E-state index contributed by atoms with van der Waals surface area (Å²) in [7, 11) is 0. The first-order chi connectivity index (χ1) is 10.3. The Morgan fingerprint density at radius 1 is 1.36 bits per heavy atom. The molecule has 22 heavy (non-hydrogen) atoms. The number of carboxylic acids is 1. The number of aliphatic carboxylic acids is 1. The second kappa shape index (κ2) is 6.44. The lowest BCUT2D eigenvalue weighted by Gasteiger charge is -2.26. The highest BCUT2D eigenvalue weighted by atomic mass is 32.1. The third-order valence-electron chi connectivity index (χ3n) is 3.54. The maximum atomic E-state index is 13.4. The van der Waals surface area contributed by atoms with Crippen LogP contribution in [-0.4, -0.2) is 34.5 Å². The van der Waals surface area contributed by atoms with Crippen LogP contribution in [0.5, 0.6) is 0 Å². The van der Waals surface area contributed by atoms with Gasteiger partial charge in [-0.2, -0.15) is 0 Å². The zero-order valence-corrected chi connectivity index (χ0v) is 13.5. The number of carbonyl (C=O) groups excluding carboxylic acids is 1. The lowest BCUT2D eigenvalue weighted by Crippen LogP contribution is -2.38. The van der Waals surface area contributed by atoms with Gasteiger partial charge >= 0.3 is 5.97 Å². The molecule has 0 fully saturated rings. The SMILES string of the molecule is Cc1c(C(=O)N(CCC(=O)O)C(C)C)sc2ccc(F)cc12. The molecule has 0 aliphatic rings. The molecule has 4 nitrogen and oxygen atoms in total. The van der Waals surface area contributed by atoms with Crippen LogP contribution in [0.15, 0.2) is 18.2 Å². The Hall–Kier alpha value is -1.95. The minimum absolute atomic E-state index is 0.0948. The number of thiophene rings is 1. The Kier molecular flexibility index (Phi) is 4.81. The van der Waals surface area contributed by atoms with E-state index in [0.29, 0.717) is 4.88 Å². The van der Waals surface area contributed by atoms with Crippen molar-refractivity contribution in [1.29, 1.82) is 0 Å². The van der Waals surface area contributed by atoms with Crippen LogP contribution < -0.4 is 0 Å². The number of carboxylic acid groups (broad SMARTS) is 1. The predicted molar refractivity (Wildman–Crippen MR) is 84.9 cm³/mol. The number of carbonyl (C=O) groups is 2. The Labute approximate surface area is 132 Å². The van der Waals surface area contributed by atoms with Crippen LogP contribution >= 0.6 is 11.3 Å². The zero-order chi connectivity index (χ0) is 16.4. The minimum atomic E-state index is -0.936. The molecule has 6 heteroatoms. The Bertz CT molecular complexity index is 723. The number of rotatable bonds is 5. The van der Waals surface area contributed by atoms with Gasteiger partial charge in [0, 0.05) is 17.3 Å². The van der Waals surface area contributed by atoms with Crippen molar-refractivity contribution in [3.05, 3.63) is 34.5 Å². The van der Waals surface area contributed by atoms with Gasteiger partial charge in [0.2, 0.25) is 0 Å². The van der Waals surface area contributed by atoms with E-state index in [1.165, 1.54) is 23.5 Å². The van der Waals surface area contributed by atoms with Crippen LogP contribution in [0.2, 0.25) is 0 Å². The molecule has 1 amide bonds. The molecule has 0 saturated heterocycles. The van der Waals surface area contributed by atoms with Crippen molar-refractivity contribution in [2.75, 3.05) is 6.54 Å². The van der Waals surface area contributed by atoms with Crippen LogP contribution in [-0.2, 0) is 4.79 Å². The molecule has 0 atom stereocenters. The minimum Gasteiger partial charge on any atom is -0.481 e. The summed E-state index contributed by atoms with van der Waals surface area (Å²) in [4.78, 5) is 25.6. The van der Waals surface area contributed by atoms with E-state index in [-0.39, 0.29) is 30.7 Å². The smallest absolute Gasteiger partial charge is 0.305 e. The summed E-state index contributed by atoms with van der Waals surface area (Å²) in [5, 5.41) is 9.55. The van der Waals surface area contributed by atoms with Gasteiger partial charge in [-0.15, -0.1) is 11.3 Å². The third-order valence-corrected chi connectivity index (χ3v) is 4.80. The van der Waals surface area contributed by atoms with Crippen LogP contribution in [0.1, 0.15) is 35.5 Å². The fourth-order valence-corrected chi connectivity index (χ4v) is 3.48. The first kappa shape index (κ1) is 16.4. The van der Waals surface area contributed by atoms with Crippen molar-refractivity contribution in [2.45, 2.75) is 33.2 Å². The van der Waals surface area contributed by atoms with E-state index in [0.717, 1.165) is 15.6 Å². The number of benzene rings is 1. The number of nitrogens with zero attached hydrogens (tertiary/aromatic N) is 1. The van der Waals surface area contributed by atoms with Crippen LogP contribution in [0.25, 0.3) is 10.1 Å². The highest BCUT2D eigenvalue weighted by Gasteiger charge is 2.24. The largest absolute Gasteiger partial charge is 0.481 e. The molecule has 0 unspecified atom stereocenters. The maximum absolute atomic E-state index is 13.4. The molecule has 0 bridgehead atoms. The quantitative estimate of drug-likeness (QED) is 0.913. The molecule has 0 radical (unpaired) electrons. The summed E-state index contributed by atoms with van der Waals surface area (Å²) in [5.74, 6) is -1.47. The van der Waals surface area contributed by atoms with Crippen LogP contribution in [0.4, 0.5) is 4.39 Å². The molecule has 0 spiro atoms. The van der Waals surface area contributed by atoms with Gasteiger partial charge in [-0.1, -0.05) is 0 Å². The van der Waals surface area contributed by atoms with E-state index in [2.05, 4.69) is 0 Å². The number of halogens is 1. The molecule has 2 rings (SSSR count). The Morgan fingerprint density at radius 3 is 2.64 bits per heavy atom. The topological polar surface area (TPSA) is 57.6 Å². The number of fused-ring (bicyclic) bond motifs is 1. The molecule has 0 aliphatic carbocycles. The number of hydrogen-bond acceptors (Lipinski definition) is 3. The van der Waals surface area contributed by atoms with Crippen molar-refractivity contribution in [1.82, 2.24) is 4.90 Å². The molecule has 1 heterocycles. The van der Waals surface area contributed by atoms with Crippen molar-refractivity contribution < 1.29 is 19.1 Å². The molecule has 0 aliphatic heterocycles. The number of aryl methyl sites for hydroxylation is 1. The van der Waals surface area contributed by atoms with Gasteiger partial charge < -0.3 is 10.0 Å². The lowest BCUT2D eigenvalue weighted by atomic mass is 10.1. The fraction of sp³-hybridized carbons (Fsp3) is 0.375. The monoisotopic (exact) mass is 323 g/mol. The Morgan fingerprint density at radius 2 is 2.05 bits per heavy atom. The normalized spacial score (nSPS) is 11.1. The van der Waals surface area contributed by atoms with Crippen molar-refractivity contribution in [3.63, 3.8) is 0 Å².